The van der Waals surface area contributed by atoms with Gasteiger partial charge in [-0.05, 0) is 29.8 Å². The molecule has 0 radical (unpaired) electrons. The Kier molecular flexibility index (Phi) is 7.09. The molecule has 0 atom stereocenters. The molecule has 3 N–H and O–H groups in total. The van der Waals surface area contributed by atoms with E-state index in [0.717, 1.165) is 5.56 Å². The fourth-order valence-electron chi connectivity index (χ4n) is 3.30. The Bertz CT molecular complexity index is 1370. The second-order valence-corrected chi connectivity index (χ2v) is 8.01. The van der Waals surface area contributed by atoms with E-state index in [2.05, 4.69) is 22.1 Å². The van der Waals surface area contributed by atoms with Gasteiger partial charge < -0.3 is 20.0 Å². The molecule has 4 aromatic rings. The van der Waals surface area contributed by atoms with E-state index in [-0.39, 0.29) is 30.2 Å². The highest BCUT2D eigenvalue weighted by Gasteiger charge is 2.21. The zero-order valence-corrected chi connectivity index (χ0v) is 18.7. The SMILES string of the molecule is N#Cc1c(N)nc(SCc2coc(-c3ccccc3)n2)c(C#N)c1-c1ccc(OCCO)cc1. The number of pyridine rings is 1. The molecule has 0 fully saturated rings. The molecule has 168 valence electrons. The number of aliphatic hydroxyl groups is 1. The number of nitrogens with zero attached hydrogens (tertiary/aromatic N) is 4. The molecular formula is C25H19N5O3S. The van der Waals surface area contributed by atoms with E-state index in [1.54, 1.807) is 30.5 Å². The molecule has 0 aliphatic heterocycles. The lowest BCUT2D eigenvalue weighted by Crippen LogP contribution is -2.04. The van der Waals surface area contributed by atoms with Crippen LogP contribution in [0.15, 0.2) is 70.3 Å². The topological polar surface area (TPSA) is 142 Å². The Morgan fingerprint density at radius 3 is 2.38 bits per heavy atom. The first kappa shape index (κ1) is 22.9. The Hall–Kier alpha value is -4.31. The van der Waals surface area contributed by atoms with Crippen molar-refractivity contribution in [2.45, 2.75) is 10.8 Å². The van der Waals surface area contributed by atoms with Crippen molar-refractivity contribution in [3.8, 4) is 40.5 Å². The van der Waals surface area contributed by atoms with Gasteiger partial charge in [0.15, 0.2) is 0 Å². The van der Waals surface area contributed by atoms with Crippen LogP contribution in [0.3, 0.4) is 0 Å². The molecule has 0 spiro atoms. The van der Waals surface area contributed by atoms with Crippen molar-refractivity contribution in [1.82, 2.24) is 9.97 Å². The summed E-state index contributed by atoms with van der Waals surface area (Å²) in [6, 6.07) is 20.7. The highest BCUT2D eigenvalue weighted by atomic mass is 32.2. The van der Waals surface area contributed by atoms with Crippen molar-refractivity contribution in [2.24, 2.45) is 0 Å². The van der Waals surface area contributed by atoms with E-state index < -0.39 is 0 Å². The summed E-state index contributed by atoms with van der Waals surface area (Å²) in [6.07, 6.45) is 1.57. The smallest absolute Gasteiger partial charge is 0.226 e. The number of oxazole rings is 1. The predicted octanol–water partition coefficient (Wildman–Crippen LogP) is 4.39. The molecule has 4 rings (SSSR count). The lowest BCUT2D eigenvalue weighted by molar-refractivity contribution is 0.201. The molecule has 0 unspecified atom stereocenters. The van der Waals surface area contributed by atoms with Crippen LogP contribution >= 0.6 is 11.8 Å². The number of aliphatic hydroxyl groups excluding tert-OH is 1. The molecule has 0 saturated heterocycles. The van der Waals surface area contributed by atoms with Crippen molar-refractivity contribution in [2.75, 3.05) is 18.9 Å². The second kappa shape index (κ2) is 10.5. The van der Waals surface area contributed by atoms with Gasteiger partial charge in [-0.15, -0.1) is 0 Å². The van der Waals surface area contributed by atoms with Gasteiger partial charge in [0.05, 0.1) is 17.9 Å². The fraction of sp³-hybridized carbons (Fsp3) is 0.120. The zero-order chi connectivity index (χ0) is 23.9. The largest absolute Gasteiger partial charge is 0.491 e. The third-order valence-corrected chi connectivity index (χ3v) is 5.86. The minimum Gasteiger partial charge on any atom is -0.491 e. The molecule has 0 amide bonds. The van der Waals surface area contributed by atoms with Crippen molar-refractivity contribution in [3.63, 3.8) is 0 Å². The van der Waals surface area contributed by atoms with Crippen LogP contribution in [0.25, 0.3) is 22.6 Å². The molecule has 34 heavy (non-hydrogen) atoms. The molecule has 0 aliphatic rings. The van der Waals surface area contributed by atoms with Crippen LogP contribution in [0, 0.1) is 22.7 Å². The van der Waals surface area contributed by atoms with Crippen LogP contribution in [0.1, 0.15) is 16.8 Å². The molecular weight excluding hydrogens is 450 g/mol. The van der Waals surface area contributed by atoms with Crippen LogP contribution in [0.2, 0.25) is 0 Å². The van der Waals surface area contributed by atoms with Crippen molar-refractivity contribution in [3.05, 3.63) is 77.7 Å². The van der Waals surface area contributed by atoms with Crippen molar-refractivity contribution >= 4 is 17.6 Å². The average molecular weight is 470 g/mol. The maximum Gasteiger partial charge on any atom is 0.226 e. The Morgan fingerprint density at radius 1 is 0.971 bits per heavy atom. The number of rotatable bonds is 8. The number of ether oxygens (including phenoxy) is 1. The molecule has 2 aromatic heterocycles. The van der Waals surface area contributed by atoms with Gasteiger partial charge in [-0.2, -0.15) is 10.5 Å². The first-order valence-corrected chi connectivity index (χ1v) is 11.2. The van der Waals surface area contributed by atoms with E-state index in [4.69, 9.17) is 20.0 Å². The van der Waals surface area contributed by atoms with Crippen LogP contribution in [0.5, 0.6) is 5.75 Å². The lowest BCUT2D eigenvalue weighted by Gasteiger charge is -2.13. The number of nitriles is 2. The summed E-state index contributed by atoms with van der Waals surface area (Å²) in [5.41, 5.74) is 9.09. The summed E-state index contributed by atoms with van der Waals surface area (Å²) in [7, 11) is 0. The lowest BCUT2D eigenvalue weighted by atomic mass is 9.97. The van der Waals surface area contributed by atoms with Gasteiger partial charge in [0, 0.05) is 16.9 Å². The Morgan fingerprint density at radius 2 is 1.71 bits per heavy atom. The van der Waals surface area contributed by atoms with Crippen molar-refractivity contribution in [1.29, 1.82) is 10.5 Å². The number of nitrogen functional groups attached to an aromatic ring is 1. The highest BCUT2D eigenvalue weighted by molar-refractivity contribution is 7.98. The second-order valence-electron chi connectivity index (χ2n) is 7.05. The van der Waals surface area contributed by atoms with Gasteiger partial charge in [-0.1, -0.05) is 42.1 Å². The number of aromatic nitrogens is 2. The van der Waals surface area contributed by atoms with E-state index in [9.17, 15) is 10.5 Å². The van der Waals surface area contributed by atoms with Gasteiger partial charge in [0.1, 0.15) is 47.2 Å². The van der Waals surface area contributed by atoms with Gasteiger partial charge in [0.25, 0.3) is 0 Å². The van der Waals surface area contributed by atoms with Crippen LogP contribution < -0.4 is 10.5 Å². The monoisotopic (exact) mass is 469 g/mol. The molecule has 2 heterocycles. The Balaban J connectivity index is 1.64. The maximum atomic E-state index is 9.95. The Labute approximate surface area is 200 Å². The summed E-state index contributed by atoms with van der Waals surface area (Å²) in [5, 5.41) is 29.0. The molecule has 9 heteroatoms. The van der Waals surface area contributed by atoms with Crippen LogP contribution in [-0.4, -0.2) is 28.3 Å². The summed E-state index contributed by atoms with van der Waals surface area (Å²) in [6.45, 7) is 0.0714. The number of hydrogen-bond acceptors (Lipinski definition) is 9. The van der Waals surface area contributed by atoms with E-state index >= 15 is 0 Å². The first-order valence-electron chi connectivity index (χ1n) is 10.2. The predicted molar refractivity (Wildman–Crippen MR) is 128 cm³/mol. The van der Waals surface area contributed by atoms with E-state index in [1.165, 1.54) is 11.8 Å². The summed E-state index contributed by atoms with van der Waals surface area (Å²) in [5.74, 6) is 1.51. The zero-order valence-electron chi connectivity index (χ0n) is 17.9. The van der Waals surface area contributed by atoms with Gasteiger partial charge in [0.2, 0.25) is 5.89 Å². The molecule has 2 aromatic carbocycles. The average Bonchev–Trinajstić information content (AvgIpc) is 3.36. The number of thioether (sulfide) groups is 1. The van der Waals surface area contributed by atoms with Gasteiger partial charge in [-0.3, -0.25) is 0 Å². The number of benzene rings is 2. The highest BCUT2D eigenvalue weighted by Crippen LogP contribution is 2.37. The van der Waals surface area contributed by atoms with E-state index in [0.29, 0.717) is 39.2 Å². The molecule has 8 nitrogen and oxygen atoms in total. The molecule has 0 bridgehead atoms. The maximum absolute atomic E-state index is 9.95. The quantitative estimate of drug-likeness (QED) is 0.359. The third-order valence-electron chi connectivity index (χ3n) is 4.85. The minimum absolute atomic E-state index is 0.0461. The van der Waals surface area contributed by atoms with Crippen LogP contribution in [0.4, 0.5) is 5.82 Å². The van der Waals surface area contributed by atoms with Gasteiger partial charge in [-0.25, -0.2) is 9.97 Å². The summed E-state index contributed by atoms with van der Waals surface area (Å²) >= 11 is 1.29. The molecule has 0 saturated carbocycles. The number of nitrogens with two attached hydrogens (primary N) is 1. The number of hydrogen-bond donors (Lipinski definition) is 2. The van der Waals surface area contributed by atoms with Crippen molar-refractivity contribution < 1.29 is 14.3 Å². The minimum atomic E-state index is -0.0985. The van der Waals surface area contributed by atoms with E-state index in [1.807, 2.05) is 30.3 Å². The summed E-state index contributed by atoms with van der Waals surface area (Å²) < 4.78 is 11.0. The third kappa shape index (κ3) is 4.86. The standard InChI is InChI=1S/C25H19N5O3S/c26-12-20-22(16-6-8-19(9-7-16)32-11-10-31)21(13-27)25(30-23(20)28)34-15-18-14-33-24(29-18)17-4-2-1-3-5-17/h1-9,14,31H,10-11,15H2,(H2,28,30). The van der Waals surface area contributed by atoms with Crippen LogP contribution in [-0.2, 0) is 5.75 Å². The number of anilines is 1. The first-order chi connectivity index (χ1) is 16.6. The fourth-order valence-corrected chi connectivity index (χ4v) is 4.17. The normalized spacial score (nSPS) is 10.4. The van der Waals surface area contributed by atoms with Gasteiger partial charge >= 0.3 is 0 Å². The summed E-state index contributed by atoms with van der Waals surface area (Å²) in [4.78, 5) is 8.83. The molecule has 0 aliphatic carbocycles.